The molecule has 19 heavy (non-hydrogen) atoms. The summed E-state index contributed by atoms with van der Waals surface area (Å²) in [5.74, 6) is -2.46. The quantitative estimate of drug-likeness (QED) is 0.883. The molecule has 104 valence electrons. The van der Waals surface area contributed by atoms with E-state index in [1.54, 1.807) is 20.8 Å². The fourth-order valence-electron chi connectivity index (χ4n) is 1.21. The maximum absolute atomic E-state index is 13.3. The molecule has 0 atom stereocenters. The summed E-state index contributed by atoms with van der Waals surface area (Å²) in [5, 5.41) is 4.67. The van der Waals surface area contributed by atoms with Crippen molar-refractivity contribution in [2.45, 2.75) is 20.8 Å². The topological polar surface area (TPSA) is 58.2 Å². The standard InChI is InChI=1S/C13H16F2N2O2/c1-13(2,3)12(19)16-7-11(18)17-10-5-4-8(14)6-9(10)15/h4-6H,7H2,1-3H3,(H,16,19)(H,17,18). The van der Waals surface area contributed by atoms with Gasteiger partial charge in [0, 0.05) is 11.5 Å². The summed E-state index contributed by atoms with van der Waals surface area (Å²) in [6.45, 7) is 4.85. The van der Waals surface area contributed by atoms with Crippen molar-refractivity contribution in [1.82, 2.24) is 5.32 Å². The minimum Gasteiger partial charge on any atom is -0.347 e. The molecule has 4 nitrogen and oxygen atoms in total. The summed E-state index contributed by atoms with van der Waals surface area (Å²) in [6, 6.07) is 2.82. The first-order chi connectivity index (χ1) is 8.70. The van der Waals surface area contributed by atoms with Gasteiger partial charge in [-0.15, -0.1) is 0 Å². The van der Waals surface area contributed by atoms with Crippen LogP contribution in [0.25, 0.3) is 0 Å². The van der Waals surface area contributed by atoms with Gasteiger partial charge in [0.15, 0.2) is 0 Å². The predicted molar refractivity (Wildman–Crippen MR) is 67.5 cm³/mol. The zero-order chi connectivity index (χ0) is 14.6. The Labute approximate surface area is 110 Å². The molecule has 0 bridgehead atoms. The van der Waals surface area contributed by atoms with Gasteiger partial charge in [0.05, 0.1) is 12.2 Å². The van der Waals surface area contributed by atoms with Crippen LogP contribution >= 0.6 is 0 Å². The highest BCUT2D eigenvalue weighted by Gasteiger charge is 2.21. The van der Waals surface area contributed by atoms with Gasteiger partial charge in [0.2, 0.25) is 11.8 Å². The van der Waals surface area contributed by atoms with Crippen molar-refractivity contribution in [2.75, 3.05) is 11.9 Å². The van der Waals surface area contributed by atoms with Gasteiger partial charge in [-0.1, -0.05) is 20.8 Å². The van der Waals surface area contributed by atoms with Crippen LogP contribution in [0.15, 0.2) is 18.2 Å². The van der Waals surface area contributed by atoms with E-state index in [1.807, 2.05) is 0 Å². The number of carbonyl (C=O) groups excluding carboxylic acids is 2. The van der Waals surface area contributed by atoms with Crippen molar-refractivity contribution in [1.29, 1.82) is 0 Å². The summed E-state index contributed by atoms with van der Waals surface area (Å²) in [4.78, 5) is 23.0. The molecule has 0 fully saturated rings. The average molecular weight is 270 g/mol. The second-order valence-electron chi connectivity index (χ2n) is 5.11. The van der Waals surface area contributed by atoms with E-state index in [1.165, 1.54) is 0 Å². The second-order valence-corrected chi connectivity index (χ2v) is 5.11. The molecule has 0 radical (unpaired) electrons. The molecule has 0 saturated heterocycles. The zero-order valence-electron chi connectivity index (χ0n) is 11.0. The van der Waals surface area contributed by atoms with Crippen molar-refractivity contribution in [3.8, 4) is 0 Å². The maximum atomic E-state index is 13.3. The SMILES string of the molecule is CC(C)(C)C(=O)NCC(=O)Nc1ccc(F)cc1F. The molecule has 0 aliphatic carbocycles. The van der Waals surface area contributed by atoms with Gasteiger partial charge in [-0.05, 0) is 12.1 Å². The van der Waals surface area contributed by atoms with E-state index in [9.17, 15) is 18.4 Å². The lowest BCUT2D eigenvalue weighted by atomic mass is 9.96. The first kappa shape index (κ1) is 15.1. The van der Waals surface area contributed by atoms with E-state index in [4.69, 9.17) is 0 Å². The van der Waals surface area contributed by atoms with Crippen LogP contribution in [0.1, 0.15) is 20.8 Å². The molecule has 0 heterocycles. The summed E-state index contributed by atoms with van der Waals surface area (Å²) < 4.78 is 25.9. The smallest absolute Gasteiger partial charge is 0.243 e. The van der Waals surface area contributed by atoms with E-state index < -0.39 is 23.0 Å². The molecule has 0 aliphatic heterocycles. The van der Waals surface area contributed by atoms with Crippen LogP contribution in [0.5, 0.6) is 0 Å². The number of rotatable bonds is 3. The average Bonchev–Trinajstić information content (AvgIpc) is 2.28. The van der Waals surface area contributed by atoms with Crippen LogP contribution in [-0.2, 0) is 9.59 Å². The third-order valence-corrected chi connectivity index (χ3v) is 2.30. The predicted octanol–water partition coefficient (Wildman–Crippen LogP) is 2.07. The highest BCUT2D eigenvalue weighted by atomic mass is 19.1. The van der Waals surface area contributed by atoms with E-state index in [2.05, 4.69) is 10.6 Å². The number of nitrogens with one attached hydrogen (secondary N) is 2. The first-order valence-corrected chi connectivity index (χ1v) is 5.73. The molecule has 0 unspecified atom stereocenters. The monoisotopic (exact) mass is 270 g/mol. The Morgan fingerprint density at radius 3 is 2.37 bits per heavy atom. The number of hydrogen-bond donors (Lipinski definition) is 2. The Bertz CT molecular complexity index is 496. The van der Waals surface area contributed by atoms with E-state index in [0.717, 1.165) is 12.1 Å². The van der Waals surface area contributed by atoms with Crippen molar-refractivity contribution < 1.29 is 18.4 Å². The van der Waals surface area contributed by atoms with Crippen molar-refractivity contribution in [2.24, 2.45) is 5.41 Å². The minimum absolute atomic E-state index is 0.128. The van der Waals surface area contributed by atoms with Crippen LogP contribution in [0, 0.1) is 17.0 Å². The molecule has 1 aromatic rings. The van der Waals surface area contributed by atoms with Gasteiger partial charge in [-0.25, -0.2) is 8.78 Å². The largest absolute Gasteiger partial charge is 0.347 e. The molecule has 1 rings (SSSR count). The lowest BCUT2D eigenvalue weighted by Crippen LogP contribution is -2.39. The third kappa shape index (κ3) is 4.65. The third-order valence-electron chi connectivity index (χ3n) is 2.30. The summed E-state index contributed by atoms with van der Waals surface area (Å²) >= 11 is 0. The molecule has 1 aromatic carbocycles. The Balaban J connectivity index is 2.54. The molecule has 2 amide bonds. The van der Waals surface area contributed by atoms with E-state index >= 15 is 0 Å². The van der Waals surface area contributed by atoms with Crippen molar-refractivity contribution in [3.63, 3.8) is 0 Å². The molecule has 0 aliphatic rings. The van der Waals surface area contributed by atoms with Gasteiger partial charge < -0.3 is 10.6 Å². The van der Waals surface area contributed by atoms with Crippen LogP contribution in [-0.4, -0.2) is 18.4 Å². The van der Waals surface area contributed by atoms with Gasteiger partial charge >= 0.3 is 0 Å². The molecule has 2 N–H and O–H groups in total. The van der Waals surface area contributed by atoms with Gasteiger partial charge in [-0.3, -0.25) is 9.59 Å². The minimum atomic E-state index is -0.865. The Hall–Kier alpha value is -1.98. The van der Waals surface area contributed by atoms with Gasteiger partial charge in [0.1, 0.15) is 11.6 Å². The lowest BCUT2D eigenvalue weighted by Gasteiger charge is -2.17. The van der Waals surface area contributed by atoms with Crippen molar-refractivity contribution >= 4 is 17.5 Å². The molecule has 0 aromatic heterocycles. The highest BCUT2D eigenvalue weighted by molar-refractivity contribution is 5.95. The number of anilines is 1. The number of hydrogen-bond acceptors (Lipinski definition) is 2. The van der Waals surface area contributed by atoms with Crippen molar-refractivity contribution in [3.05, 3.63) is 29.8 Å². The zero-order valence-corrected chi connectivity index (χ0v) is 11.0. The first-order valence-electron chi connectivity index (χ1n) is 5.73. The lowest BCUT2D eigenvalue weighted by molar-refractivity contribution is -0.130. The van der Waals surface area contributed by atoms with Crippen LogP contribution in [0.4, 0.5) is 14.5 Å². The van der Waals surface area contributed by atoms with Crippen LogP contribution in [0.2, 0.25) is 0 Å². The Morgan fingerprint density at radius 1 is 1.21 bits per heavy atom. The Morgan fingerprint density at radius 2 is 1.84 bits per heavy atom. The van der Waals surface area contributed by atoms with Gasteiger partial charge in [-0.2, -0.15) is 0 Å². The number of amides is 2. The Kier molecular flexibility index (Phi) is 4.58. The highest BCUT2D eigenvalue weighted by Crippen LogP contribution is 2.15. The second kappa shape index (κ2) is 5.77. The molecular weight excluding hydrogens is 254 g/mol. The van der Waals surface area contributed by atoms with Crippen LogP contribution in [0.3, 0.4) is 0 Å². The normalized spacial score (nSPS) is 11.0. The van der Waals surface area contributed by atoms with E-state index in [0.29, 0.717) is 6.07 Å². The molecular formula is C13H16F2N2O2. The number of halogens is 2. The number of carbonyl (C=O) groups is 2. The summed E-state index contributed by atoms with van der Waals surface area (Å²) in [5.41, 5.74) is -0.738. The number of benzene rings is 1. The fourth-order valence-corrected chi connectivity index (χ4v) is 1.21. The maximum Gasteiger partial charge on any atom is 0.243 e. The molecule has 6 heteroatoms. The molecule has 0 spiro atoms. The van der Waals surface area contributed by atoms with Gasteiger partial charge in [0.25, 0.3) is 0 Å². The van der Waals surface area contributed by atoms with E-state index in [-0.39, 0.29) is 18.1 Å². The summed E-state index contributed by atoms with van der Waals surface area (Å²) in [6.07, 6.45) is 0. The van der Waals surface area contributed by atoms with Crippen LogP contribution < -0.4 is 10.6 Å². The fraction of sp³-hybridized carbons (Fsp3) is 0.385. The summed E-state index contributed by atoms with van der Waals surface area (Å²) in [7, 11) is 0. The molecule has 0 saturated carbocycles.